The molecule has 1 aromatic heterocycles. The number of nitrogens with zero attached hydrogens (tertiary/aromatic N) is 4. The van der Waals surface area contributed by atoms with Crippen molar-refractivity contribution in [3.05, 3.63) is 64.2 Å². The predicted molar refractivity (Wildman–Crippen MR) is 89.6 cm³/mol. The molecule has 0 radical (unpaired) electrons. The lowest BCUT2D eigenvalue weighted by molar-refractivity contribution is -0.137. The zero-order valence-corrected chi connectivity index (χ0v) is 14.2. The number of halogens is 4. The van der Waals surface area contributed by atoms with Crippen molar-refractivity contribution < 1.29 is 18.3 Å². The van der Waals surface area contributed by atoms with E-state index in [2.05, 4.69) is 15.4 Å². The van der Waals surface area contributed by atoms with Crippen molar-refractivity contribution in [3.63, 3.8) is 0 Å². The second-order valence-corrected chi connectivity index (χ2v) is 6.04. The first kappa shape index (κ1) is 18.3. The van der Waals surface area contributed by atoms with E-state index in [-0.39, 0.29) is 13.2 Å². The summed E-state index contributed by atoms with van der Waals surface area (Å²) in [7, 11) is 0. The van der Waals surface area contributed by atoms with Gasteiger partial charge in [0.1, 0.15) is 0 Å². The maximum Gasteiger partial charge on any atom is 0.416 e. The van der Waals surface area contributed by atoms with Crippen LogP contribution in [0.3, 0.4) is 0 Å². The molecule has 5 nitrogen and oxygen atoms in total. The lowest BCUT2D eigenvalue weighted by Crippen LogP contribution is -2.06. The average Bonchev–Trinajstić information content (AvgIpc) is 3.05. The zero-order chi connectivity index (χ0) is 18.7. The number of hydrogen-bond donors (Lipinski definition) is 1. The third-order valence-electron chi connectivity index (χ3n) is 3.74. The Morgan fingerprint density at radius 2 is 1.81 bits per heavy atom. The summed E-state index contributed by atoms with van der Waals surface area (Å²) in [5.41, 5.74) is 1.47. The maximum absolute atomic E-state index is 12.7. The Hall–Kier alpha value is -2.45. The first-order chi connectivity index (χ1) is 12.4. The molecule has 0 aliphatic rings. The van der Waals surface area contributed by atoms with Gasteiger partial charge < -0.3 is 5.11 Å². The van der Waals surface area contributed by atoms with Crippen LogP contribution in [-0.2, 0) is 19.1 Å². The second-order valence-electron chi connectivity index (χ2n) is 5.61. The Labute approximate surface area is 152 Å². The molecule has 0 aliphatic carbocycles. The first-order valence-corrected chi connectivity index (χ1v) is 8.08. The van der Waals surface area contributed by atoms with Crippen molar-refractivity contribution in [2.45, 2.75) is 19.1 Å². The minimum atomic E-state index is -4.36. The lowest BCUT2D eigenvalue weighted by Gasteiger charge is -2.10. The highest BCUT2D eigenvalue weighted by molar-refractivity contribution is 6.30. The molecular formula is C17H14ClF3N4O. The molecule has 0 fully saturated rings. The van der Waals surface area contributed by atoms with Crippen LogP contribution in [0.5, 0.6) is 0 Å². The molecule has 2 aromatic carbocycles. The van der Waals surface area contributed by atoms with Gasteiger partial charge in [-0.2, -0.15) is 18.0 Å². The van der Waals surface area contributed by atoms with E-state index in [0.29, 0.717) is 28.4 Å². The number of aromatic nitrogens is 4. The normalized spacial score (nSPS) is 11.7. The zero-order valence-electron chi connectivity index (χ0n) is 13.4. The molecule has 0 saturated heterocycles. The van der Waals surface area contributed by atoms with Crippen molar-refractivity contribution >= 4 is 11.6 Å². The molecule has 9 heteroatoms. The van der Waals surface area contributed by atoms with Gasteiger partial charge in [0.15, 0.2) is 0 Å². The van der Waals surface area contributed by atoms with Crippen LogP contribution in [0.1, 0.15) is 16.7 Å². The third-order valence-corrected chi connectivity index (χ3v) is 3.98. The van der Waals surface area contributed by atoms with Gasteiger partial charge in [-0.1, -0.05) is 29.8 Å². The molecule has 136 valence electrons. The van der Waals surface area contributed by atoms with E-state index in [4.69, 9.17) is 16.7 Å². The van der Waals surface area contributed by atoms with Gasteiger partial charge in [-0.15, -0.1) is 10.2 Å². The van der Waals surface area contributed by atoms with E-state index in [1.54, 1.807) is 18.2 Å². The topological polar surface area (TPSA) is 63.8 Å². The smallest absolute Gasteiger partial charge is 0.394 e. The highest BCUT2D eigenvalue weighted by Crippen LogP contribution is 2.30. The number of aliphatic hydroxyl groups is 1. The van der Waals surface area contributed by atoms with E-state index in [1.807, 2.05) is 0 Å². The van der Waals surface area contributed by atoms with Crippen LogP contribution in [0.25, 0.3) is 11.4 Å². The lowest BCUT2D eigenvalue weighted by atomic mass is 9.98. The Kier molecular flexibility index (Phi) is 5.24. The monoisotopic (exact) mass is 382 g/mol. The van der Waals surface area contributed by atoms with Crippen LogP contribution < -0.4 is 0 Å². The predicted octanol–water partition coefficient (Wildman–Crippen LogP) is 3.60. The van der Waals surface area contributed by atoms with Gasteiger partial charge in [0, 0.05) is 10.6 Å². The molecule has 0 aliphatic heterocycles. The molecule has 0 amide bonds. The molecule has 0 saturated carbocycles. The SMILES string of the molecule is OCCn1nnc(-c2cc(Cl)ccc2Cc2ccc(C(F)(F)F)cc2)n1. The van der Waals surface area contributed by atoms with E-state index in [0.717, 1.165) is 17.7 Å². The van der Waals surface area contributed by atoms with Gasteiger partial charge in [0.2, 0.25) is 5.82 Å². The van der Waals surface area contributed by atoms with Crippen LogP contribution in [0, 0.1) is 0 Å². The number of alkyl halides is 3. The molecule has 26 heavy (non-hydrogen) atoms. The summed E-state index contributed by atoms with van der Waals surface area (Å²) in [4.78, 5) is 1.26. The summed E-state index contributed by atoms with van der Waals surface area (Å²) < 4.78 is 38.0. The number of hydrogen-bond acceptors (Lipinski definition) is 4. The Bertz CT molecular complexity index is 894. The van der Waals surface area contributed by atoms with Gasteiger partial charge in [-0.05, 0) is 47.0 Å². The van der Waals surface area contributed by atoms with Crippen LogP contribution >= 0.6 is 11.6 Å². The number of aliphatic hydroxyl groups excluding tert-OH is 1. The van der Waals surface area contributed by atoms with Gasteiger partial charge in [-0.3, -0.25) is 0 Å². The van der Waals surface area contributed by atoms with E-state index >= 15 is 0 Å². The fraction of sp³-hybridized carbons (Fsp3) is 0.235. The number of rotatable bonds is 5. The van der Waals surface area contributed by atoms with E-state index < -0.39 is 11.7 Å². The molecule has 0 atom stereocenters. The summed E-state index contributed by atoms with van der Waals surface area (Å²) in [6.07, 6.45) is -3.97. The van der Waals surface area contributed by atoms with Crippen molar-refractivity contribution in [2.24, 2.45) is 0 Å². The van der Waals surface area contributed by atoms with Crippen molar-refractivity contribution in [1.29, 1.82) is 0 Å². The van der Waals surface area contributed by atoms with Gasteiger partial charge in [0.25, 0.3) is 0 Å². The molecule has 1 N–H and O–H groups in total. The molecule has 3 aromatic rings. The summed E-state index contributed by atoms with van der Waals surface area (Å²) in [6, 6.07) is 10.2. The van der Waals surface area contributed by atoms with Gasteiger partial charge in [-0.25, -0.2) is 0 Å². The molecular weight excluding hydrogens is 369 g/mol. The van der Waals surface area contributed by atoms with E-state index in [1.165, 1.54) is 16.9 Å². The van der Waals surface area contributed by atoms with Crippen LogP contribution in [0.4, 0.5) is 13.2 Å². The molecule has 0 unspecified atom stereocenters. The molecule has 0 spiro atoms. The third kappa shape index (κ3) is 4.20. The minimum absolute atomic E-state index is 0.121. The van der Waals surface area contributed by atoms with Crippen LogP contribution in [0.15, 0.2) is 42.5 Å². The van der Waals surface area contributed by atoms with Crippen LogP contribution in [0.2, 0.25) is 5.02 Å². The first-order valence-electron chi connectivity index (χ1n) is 7.70. The number of benzene rings is 2. The van der Waals surface area contributed by atoms with Gasteiger partial charge >= 0.3 is 6.18 Å². The van der Waals surface area contributed by atoms with Crippen molar-refractivity contribution in [3.8, 4) is 11.4 Å². The van der Waals surface area contributed by atoms with E-state index in [9.17, 15) is 13.2 Å². The Morgan fingerprint density at radius 3 is 2.46 bits per heavy atom. The maximum atomic E-state index is 12.7. The summed E-state index contributed by atoms with van der Waals surface area (Å²) in [5, 5.41) is 21.4. The average molecular weight is 383 g/mol. The Morgan fingerprint density at radius 1 is 1.08 bits per heavy atom. The highest BCUT2D eigenvalue weighted by atomic mass is 35.5. The quantitative estimate of drug-likeness (QED) is 0.732. The van der Waals surface area contributed by atoms with Crippen molar-refractivity contribution in [1.82, 2.24) is 20.2 Å². The summed E-state index contributed by atoms with van der Waals surface area (Å²) in [5.74, 6) is 0.336. The molecule has 1 heterocycles. The standard InChI is InChI=1S/C17H14ClF3N4O/c18-14-6-3-12(9-11-1-4-13(5-2-11)17(19,20)21)15(10-14)16-22-24-25(23-16)7-8-26/h1-6,10,26H,7-9H2. The Balaban J connectivity index is 1.90. The summed E-state index contributed by atoms with van der Waals surface area (Å²) in [6.45, 7) is 0.0888. The highest BCUT2D eigenvalue weighted by Gasteiger charge is 2.29. The molecule has 3 rings (SSSR count). The second kappa shape index (κ2) is 7.43. The minimum Gasteiger partial charge on any atom is -0.394 e. The van der Waals surface area contributed by atoms with Gasteiger partial charge in [0.05, 0.1) is 18.7 Å². The number of tetrazole rings is 1. The fourth-order valence-corrected chi connectivity index (χ4v) is 2.65. The van der Waals surface area contributed by atoms with Crippen LogP contribution in [-0.4, -0.2) is 31.9 Å². The molecule has 0 bridgehead atoms. The largest absolute Gasteiger partial charge is 0.416 e. The van der Waals surface area contributed by atoms with Crippen molar-refractivity contribution in [2.75, 3.05) is 6.61 Å². The summed E-state index contributed by atoms with van der Waals surface area (Å²) >= 11 is 6.06. The fourth-order valence-electron chi connectivity index (χ4n) is 2.48.